The second kappa shape index (κ2) is 8.17. The highest BCUT2D eigenvalue weighted by Crippen LogP contribution is 2.10. The van der Waals surface area contributed by atoms with Gasteiger partial charge < -0.3 is 14.8 Å². The molecular formula is C17H25N5O2S. The van der Waals surface area contributed by atoms with E-state index in [0.29, 0.717) is 6.54 Å². The minimum absolute atomic E-state index is 0.254. The van der Waals surface area contributed by atoms with Gasteiger partial charge in [0.25, 0.3) is 0 Å². The Kier molecular flexibility index (Phi) is 6.22. The number of nitrogens with zero attached hydrogens (tertiary/aromatic N) is 3. The molecule has 0 atom stereocenters. The fourth-order valence-electron chi connectivity index (χ4n) is 2.45. The van der Waals surface area contributed by atoms with Crippen LogP contribution in [0.1, 0.15) is 11.3 Å². The number of hydrogen-bond acceptors (Lipinski definition) is 3. The van der Waals surface area contributed by atoms with Crippen molar-refractivity contribution in [3.8, 4) is 0 Å². The minimum Gasteiger partial charge on any atom is -0.353 e. The largest absolute Gasteiger partial charge is 0.353 e. The highest BCUT2D eigenvalue weighted by Gasteiger charge is 2.11. The van der Waals surface area contributed by atoms with Crippen molar-refractivity contribution in [3.05, 3.63) is 53.9 Å². The molecule has 1 aromatic heterocycles. The third-order valence-electron chi connectivity index (χ3n) is 3.98. The summed E-state index contributed by atoms with van der Waals surface area (Å²) in [4.78, 5) is 6.59. The zero-order chi connectivity index (χ0) is 18.4. The van der Waals surface area contributed by atoms with E-state index in [9.17, 15) is 8.42 Å². The number of benzene rings is 1. The van der Waals surface area contributed by atoms with E-state index in [1.165, 1.54) is 12.7 Å². The number of nitrogens with one attached hydrogen (secondary N) is 2. The van der Waals surface area contributed by atoms with E-state index >= 15 is 0 Å². The number of rotatable bonds is 6. The van der Waals surface area contributed by atoms with Gasteiger partial charge in [-0.2, -0.15) is 0 Å². The predicted molar refractivity (Wildman–Crippen MR) is 99.8 cm³/mol. The molecule has 0 saturated heterocycles. The van der Waals surface area contributed by atoms with E-state index in [1.807, 2.05) is 31.3 Å². The quantitative estimate of drug-likeness (QED) is 0.596. The van der Waals surface area contributed by atoms with E-state index in [-0.39, 0.29) is 4.90 Å². The molecule has 0 bridgehead atoms. The minimum atomic E-state index is -3.40. The summed E-state index contributed by atoms with van der Waals surface area (Å²) in [7, 11) is 3.73. The average molecular weight is 363 g/mol. The van der Waals surface area contributed by atoms with E-state index < -0.39 is 10.0 Å². The molecule has 2 aromatic rings. The molecule has 0 fully saturated rings. The van der Waals surface area contributed by atoms with Gasteiger partial charge in [0, 0.05) is 39.6 Å². The Bertz CT molecular complexity index is 825. The van der Waals surface area contributed by atoms with Crippen LogP contribution >= 0.6 is 0 Å². The van der Waals surface area contributed by atoms with Crippen molar-refractivity contribution in [2.75, 3.05) is 21.1 Å². The van der Waals surface area contributed by atoms with E-state index in [1.54, 1.807) is 31.3 Å². The molecule has 8 heteroatoms. The first kappa shape index (κ1) is 19.0. The van der Waals surface area contributed by atoms with Gasteiger partial charge in [0.1, 0.15) is 0 Å². The van der Waals surface area contributed by atoms with Crippen molar-refractivity contribution in [1.82, 2.24) is 19.5 Å². The lowest BCUT2D eigenvalue weighted by molar-refractivity contribution is 0.461. The first-order valence-electron chi connectivity index (χ1n) is 7.92. The van der Waals surface area contributed by atoms with Crippen LogP contribution in [0.3, 0.4) is 0 Å². The SMILES string of the molecule is CN=C(NCc1ccc(S(=O)(=O)NC)cc1)N(C)Cc1cccn1C. The Morgan fingerprint density at radius 1 is 1.24 bits per heavy atom. The molecule has 2 N–H and O–H groups in total. The summed E-state index contributed by atoms with van der Waals surface area (Å²) in [6, 6.07) is 10.9. The predicted octanol–water partition coefficient (Wildman–Crippen LogP) is 1.14. The molecule has 136 valence electrons. The summed E-state index contributed by atoms with van der Waals surface area (Å²) < 4.78 is 27.9. The van der Waals surface area contributed by atoms with Crippen molar-refractivity contribution in [3.63, 3.8) is 0 Å². The average Bonchev–Trinajstić information content (AvgIpc) is 3.00. The van der Waals surface area contributed by atoms with Gasteiger partial charge in [-0.1, -0.05) is 12.1 Å². The Morgan fingerprint density at radius 2 is 1.92 bits per heavy atom. The number of aliphatic imine (C=N–C) groups is 1. The number of aryl methyl sites for hydroxylation is 1. The third kappa shape index (κ3) is 4.83. The Labute approximate surface area is 149 Å². The lowest BCUT2D eigenvalue weighted by Crippen LogP contribution is -2.38. The van der Waals surface area contributed by atoms with Crippen LogP contribution in [0, 0.1) is 0 Å². The first-order valence-corrected chi connectivity index (χ1v) is 9.40. The number of sulfonamides is 1. The summed E-state index contributed by atoms with van der Waals surface area (Å²) in [5.74, 6) is 0.771. The maximum Gasteiger partial charge on any atom is 0.240 e. The zero-order valence-corrected chi connectivity index (χ0v) is 15.8. The van der Waals surface area contributed by atoms with Crippen LogP contribution < -0.4 is 10.0 Å². The molecule has 0 radical (unpaired) electrons. The van der Waals surface area contributed by atoms with Crippen LogP contribution in [0.25, 0.3) is 0 Å². The topological polar surface area (TPSA) is 78.7 Å². The van der Waals surface area contributed by atoms with Gasteiger partial charge in [-0.05, 0) is 36.9 Å². The monoisotopic (exact) mass is 363 g/mol. The van der Waals surface area contributed by atoms with Gasteiger partial charge in [-0.25, -0.2) is 13.1 Å². The fraction of sp³-hybridized carbons (Fsp3) is 0.353. The fourth-order valence-corrected chi connectivity index (χ4v) is 3.18. The number of hydrogen-bond donors (Lipinski definition) is 2. The molecule has 0 saturated carbocycles. The van der Waals surface area contributed by atoms with Crippen molar-refractivity contribution in [2.24, 2.45) is 12.0 Å². The van der Waals surface area contributed by atoms with Crippen molar-refractivity contribution < 1.29 is 8.42 Å². The Hall–Kier alpha value is -2.32. The normalized spacial score (nSPS) is 12.2. The van der Waals surface area contributed by atoms with Crippen LogP contribution in [-0.4, -0.2) is 45.0 Å². The van der Waals surface area contributed by atoms with Crippen molar-refractivity contribution in [2.45, 2.75) is 18.0 Å². The van der Waals surface area contributed by atoms with E-state index in [0.717, 1.165) is 18.1 Å². The Balaban J connectivity index is 1.97. The highest BCUT2D eigenvalue weighted by atomic mass is 32.2. The molecule has 7 nitrogen and oxygen atoms in total. The number of aromatic nitrogens is 1. The highest BCUT2D eigenvalue weighted by molar-refractivity contribution is 7.89. The molecule has 25 heavy (non-hydrogen) atoms. The molecule has 0 amide bonds. The lowest BCUT2D eigenvalue weighted by Gasteiger charge is -2.22. The molecule has 0 unspecified atom stereocenters. The summed E-state index contributed by atoms with van der Waals surface area (Å²) in [6.45, 7) is 1.30. The van der Waals surface area contributed by atoms with Gasteiger partial charge in [0.2, 0.25) is 10.0 Å². The van der Waals surface area contributed by atoms with Gasteiger partial charge in [0.05, 0.1) is 11.4 Å². The smallest absolute Gasteiger partial charge is 0.240 e. The first-order chi connectivity index (χ1) is 11.9. The summed E-state index contributed by atoms with van der Waals surface area (Å²) in [5, 5.41) is 3.29. The van der Waals surface area contributed by atoms with E-state index in [2.05, 4.69) is 25.7 Å². The van der Waals surface area contributed by atoms with Crippen molar-refractivity contribution in [1.29, 1.82) is 0 Å². The maximum atomic E-state index is 11.7. The molecule has 0 spiro atoms. The summed E-state index contributed by atoms with van der Waals surface area (Å²) in [5.41, 5.74) is 2.16. The van der Waals surface area contributed by atoms with Crippen LogP contribution in [0.2, 0.25) is 0 Å². The molecular weight excluding hydrogens is 338 g/mol. The second-order valence-corrected chi connectivity index (χ2v) is 7.61. The molecule has 2 rings (SSSR count). The molecule has 0 aliphatic carbocycles. The molecule has 1 heterocycles. The van der Waals surface area contributed by atoms with Gasteiger partial charge >= 0.3 is 0 Å². The van der Waals surface area contributed by atoms with Crippen LogP contribution in [0.15, 0.2) is 52.5 Å². The maximum absolute atomic E-state index is 11.7. The number of guanidine groups is 1. The van der Waals surface area contributed by atoms with Gasteiger partial charge in [0.15, 0.2) is 5.96 Å². The van der Waals surface area contributed by atoms with Gasteiger partial charge in [-0.15, -0.1) is 0 Å². The molecule has 0 aliphatic heterocycles. The molecule has 1 aromatic carbocycles. The second-order valence-electron chi connectivity index (χ2n) is 5.72. The van der Waals surface area contributed by atoms with E-state index in [4.69, 9.17) is 0 Å². The van der Waals surface area contributed by atoms with Crippen molar-refractivity contribution >= 4 is 16.0 Å². The van der Waals surface area contributed by atoms with Crippen LogP contribution in [0.5, 0.6) is 0 Å². The third-order valence-corrected chi connectivity index (χ3v) is 5.41. The zero-order valence-electron chi connectivity index (χ0n) is 15.0. The van der Waals surface area contributed by atoms with Crippen LogP contribution in [0.4, 0.5) is 0 Å². The summed E-state index contributed by atoms with van der Waals surface area (Å²) >= 11 is 0. The van der Waals surface area contributed by atoms with Gasteiger partial charge in [-0.3, -0.25) is 4.99 Å². The van der Waals surface area contributed by atoms with Crippen LogP contribution in [-0.2, 0) is 30.2 Å². The Morgan fingerprint density at radius 3 is 2.44 bits per heavy atom. The molecule has 0 aliphatic rings. The lowest BCUT2D eigenvalue weighted by atomic mass is 10.2. The summed E-state index contributed by atoms with van der Waals surface area (Å²) in [6.07, 6.45) is 2.01. The standard InChI is InChI=1S/C17H25N5O2S/c1-18-17(22(4)13-15-6-5-11-21(15)3)20-12-14-7-9-16(10-8-14)25(23,24)19-2/h5-11,19H,12-13H2,1-4H3,(H,18,20).